The molecule has 0 aromatic rings. The molecule has 4 rings (SSSR count). The molecule has 4 heterocycles. The summed E-state index contributed by atoms with van der Waals surface area (Å²) in [7, 11) is 0. The summed E-state index contributed by atoms with van der Waals surface area (Å²) in [5, 5.41) is 52.1. The Morgan fingerprint density at radius 3 is 1.27 bits per heavy atom. The normalized spacial score (nSPS) is 25.2. The molecule has 4 fully saturated rings. The number of aliphatic hydroxyl groups is 4. The number of hydrogen-bond donors (Lipinski definition) is 9. The van der Waals surface area contributed by atoms with Crippen LogP contribution in [-0.4, -0.2) is 184 Å². The van der Waals surface area contributed by atoms with Crippen LogP contribution >= 0.6 is 0 Å². The highest BCUT2D eigenvalue weighted by atomic mass is 16.3. The highest BCUT2D eigenvalue weighted by molar-refractivity contribution is 5.98. The predicted molar refractivity (Wildman–Crippen MR) is 177 cm³/mol. The maximum Gasteiger partial charge on any atom is 0.248 e. The zero-order valence-electron chi connectivity index (χ0n) is 28.9. The lowest BCUT2D eigenvalue weighted by Gasteiger charge is -2.32. The zero-order valence-corrected chi connectivity index (χ0v) is 28.9. The molecule has 4 aliphatic heterocycles. The van der Waals surface area contributed by atoms with Gasteiger partial charge in [0.05, 0.1) is 32.5 Å². The number of nitrogens with one attached hydrogen (secondary N) is 5. The van der Waals surface area contributed by atoms with E-state index in [-0.39, 0.29) is 38.9 Å². The molecule has 4 saturated heterocycles. The van der Waals surface area contributed by atoms with E-state index >= 15 is 0 Å². The Hall–Kier alpha value is -4.24. The third kappa shape index (κ3) is 9.40. The fourth-order valence-corrected chi connectivity index (χ4v) is 7.18. The lowest BCUT2D eigenvalue weighted by Crippen LogP contribution is -2.60. The molecule has 9 N–H and O–H groups in total. The van der Waals surface area contributed by atoms with Gasteiger partial charge in [0, 0.05) is 19.6 Å². The first-order chi connectivity index (χ1) is 25.0. The van der Waals surface area contributed by atoms with Crippen LogP contribution in [-0.2, 0) is 38.4 Å². The fourth-order valence-electron chi connectivity index (χ4n) is 7.18. The topological polar surface area (TPSA) is 287 Å². The molecule has 0 aromatic heterocycles. The van der Waals surface area contributed by atoms with Crippen molar-refractivity contribution in [3.63, 3.8) is 0 Å². The molecule has 52 heavy (non-hydrogen) atoms. The summed E-state index contributed by atoms with van der Waals surface area (Å²) in [6.45, 7) is -1.96. The second-order valence-corrected chi connectivity index (χ2v) is 13.4. The summed E-state index contributed by atoms with van der Waals surface area (Å²) in [6, 6.07) is -9.08. The number of likely N-dealkylation sites (tertiary alicyclic amines) is 3. The van der Waals surface area contributed by atoms with E-state index < -0.39 is 116 Å². The van der Waals surface area contributed by atoms with E-state index in [9.17, 15) is 58.8 Å². The minimum Gasteiger partial charge on any atom is -0.394 e. The van der Waals surface area contributed by atoms with Crippen molar-refractivity contribution in [3.05, 3.63) is 0 Å². The number of rotatable bonds is 16. The number of amides is 7. The minimum atomic E-state index is -1.49. The number of aliphatic hydroxyl groups excluding tert-OH is 4. The second-order valence-electron chi connectivity index (χ2n) is 13.4. The quantitative estimate of drug-likeness (QED) is 0.0668. The van der Waals surface area contributed by atoms with Crippen molar-refractivity contribution in [2.75, 3.05) is 52.6 Å². The third-order valence-corrected chi connectivity index (χ3v) is 9.97. The number of aldehydes is 1. The molecular weight excluding hydrogens is 688 g/mol. The highest BCUT2D eigenvalue weighted by Crippen LogP contribution is 2.23. The van der Waals surface area contributed by atoms with Crippen molar-refractivity contribution < 1.29 is 58.8 Å². The molecule has 20 nitrogen and oxygen atoms in total. The van der Waals surface area contributed by atoms with Crippen LogP contribution in [0.3, 0.4) is 0 Å². The Balaban J connectivity index is 1.36. The number of hydrogen-bond acceptors (Lipinski definition) is 13. The summed E-state index contributed by atoms with van der Waals surface area (Å²) in [5.41, 5.74) is 0. The van der Waals surface area contributed by atoms with Gasteiger partial charge < -0.3 is 66.5 Å². The van der Waals surface area contributed by atoms with E-state index in [1.165, 1.54) is 9.80 Å². The van der Waals surface area contributed by atoms with Gasteiger partial charge in [0.15, 0.2) is 0 Å². The van der Waals surface area contributed by atoms with Gasteiger partial charge in [0.25, 0.3) is 0 Å². The summed E-state index contributed by atoms with van der Waals surface area (Å²) in [6.07, 6.45) is 3.63. The van der Waals surface area contributed by atoms with Crippen LogP contribution in [0.25, 0.3) is 0 Å². The van der Waals surface area contributed by atoms with Gasteiger partial charge in [-0.25, -0.2) is 0 Å². The Morgan fingerprint density at radius 1 is 0.558 bits per heavy atom. The number of nitrogens with zero attached hydrogens (tertiary/aromatic N) is 3. The molecule has 0 radical (unpaired) electrons. The minimum absolute atomic E-state index is 0.0833. The van der Waals surface area contributed by atoms with Gasteiger partial charge in [-0.2, -0.15) is 0 Å². The molecular formula is C32H50N8O12. The third-order valence-electron chi connectivity index (χ3n) is 9.97. The van der Waals surface area contributed by atoms with Crippen molar-refractivity contribution in [2.24, 2.45) is 0 Å². The highest BCUT2D eigenvalue weighted by Gasteiger charge is 2.43. The Bertz CT molecular complexity index is 1350. The van der Waals surface area contributed by atoms with Crippen molar-refractivity contribution in [2.45, 2.75) is 99.7 Å². The zero-order chi connectivity index (χ0) is 37.9. The van der Waals surface area contributed by atoms with Gasteiger partial charge in [-0.15, -0.1) is 0 Å². The summed E-state index contributed by atoms with van der Waals surface area (Å²) < 4.78 is 0. The molecule has 0 saturated carbocycles. The van der Waals surface area contributed by atoms with Gasteiger partial charge in [-0.3, -0.25) is 33.6 Å². The molecule has 7 amide bonds. The summed E-state index contributed by atoms with van der Waals surface area (Å²) >= 11 is 0. The van der Waals surface area contributed by atoms with Crippen LogP contribution in [0.4, 0.5) is 0 Å². The fraction of sp³-hybridized carbons (Fsp3) is 0.750. The van der Waals surface area contributed by atoms with Gasteiger partial charge >= 0.3 is 0 Å². The standard InChI is InChI=1S/C32H50N8O12/c41-13-18(14-42)34-27(47)23-6-2-10-38(23)31(51)21(16-44)36-29(49)25-8-4-12-40(25)32(52)22(17-45)37-28(48)24-7-3-11-39(24)30(50)20(15-43)35-26(46)19-5-1-9-33-19/h13,18-25,33,42-45H,1-12,14-17H2,(H,34,47)(H,35,46)(H,36,49)(H,37,48)/t18-,19+,20+,21+,22+,23+,24+,25+/m1/s1. The van der Waals surface area contributed by atoms with E-state index in [2.05, 4.69) is 26.6 Å². The van der Waals surface area contributed by atoms with Crippen molar-refractivity contribution in [1.82, 2.24) is 41.3 Å². The molecule has 0 aromatic carbocycles. The van der Waals surface area contributed by atoms with Crippen molar-refractivity contribution in [3.8, 4) is 0 Å². The molecule has 0 unspecified atom stereocenters. The van der Waals surface area contributed by atoms with Crippen LogP contribution < -0.4 is 26.6 Å². The maximum absolute atomic E-state index is 13.6. The first kappa shape index (κ1) is 40.5. The van der Waals surface area contributed by atoms with E-state index in [1.54, 1.807) is 0 Å². The van der Waals surface area contributed by atoms with Crippen LogP contribution in [0, 0.1) is 0 Å². The summed E-state index contributed by atoms with van der Waals surface area (Å²) in [5.74, 6) is -4.85. The van der Waals surface area contributed by atoms with Crippen LogP contribution in [0.1, 0.15) is 51.4 Å². The maximum atomic E-state index is 13.6. The smallest absolute Gasteiger partial charge is 0.248 e. The molecule has 0 bridgehead atoms. The molecule has 0 spiro atoms. The van der Waals surface area contributed by atoms with Gasteiger partial charge in [0.1, 0.15) is 48.6 Å². The van der Waals surface area contributed by atoms with E-state index in [4.69, 9.17) is 0 Å². The van der Waals surface area contributed by atoms with Crippen LogP contribution in [0.15, 0.2) is 0 Å². The van der Waals surface area contributed by atoms with Gasteiger partial charge in [-0.1, -0.05) is 0 Å². The van der Waals surface area contributed by atoms with E-state index in [1.807, 2.05) is 0 Å². The molecule has 20 heteroatoms. The van der Waals surface area contributed by atoms with Gasteiger partial charge in [0.2, 0.25) is 41.4 Å². The van der Waals surface area contributed by atoms with Crippen molar-refractivity contribution >= 4 is 47.6 Å². The van der Waals surface area contributed by atoms with Crippen molar-refractivity contribution in [1.29, 1.82) is 0 Å². The lowest BCUT2D eigenvalue weighted by molar-refractivity contribution is -0.146. The van der Waals surface area contributed by atoms with Crippen LogP contribution in [0.5, 0.6) is 0 Å². The Morgan fingerprint density at radius 2 is 0.942 bits per heavy atom. The predicted octanol–water partition coefficient (Wildman–Crippen LogP) is -6.18. The second kappa shape index (κ2) is 19.0. The SMILES string of the molecule is O=C[C@H](CO)NC(=O)[C@@H]1CCCN1C(=O)[C@H](CO)NC(=O)[C@@H]1CCCN1C(=O)[C@H](CO)NC(=O)[C@@H]1CCCN1C(=O)[C@H](CO)NC(=O)[C@@H]1CCCN1. The first-order valence-corrected chi connectivity index (χ1v) is 17.7. The van der Waals surface area contributed by atoms with E-state index in [0.717, 1.165) is 11.3 Å². The monoisotopic (exact) mass is 738 g/mol. The van der Waals surface area contributed by atoms with E-state index in [0.29, 0.717) is 38.5 Å². The van der Waals surface area contributed by atoms with Gasteiger partial charge in [-0.05, 0) is 57.9 Å². The molecule has 8 atom stereocenters. The average Bonchev–Trinajstić information content (AvgIpc) is 3.99. The molecule has 0 aliphatic carbocycles. The van der Waals surface area contributed by atoms with Crippen LogP contribution in [0.2, 0.25) is 0 Å². The molecule has 290 valence electrons. The summed E-state index contributed by atoms with van der Waals surface area (Å²) in [4.78, 5) is 107. The molecule has 4 aliphatic rings. The Labute approximate surface area is 300 Å². The number of carbonyl (C=O) groups excluding carboxylic acids is 8. The average molecular weight is 739 g/mol. The number of carbonyl (C=O) groups is 8. The lowest BCUT2D eigenvalue weighted by atomic mass is 10.1. The largest absolute Gasteiger partial charge is 0.394 e. The first-order valence-electron chi connectivity index (χ1n) is 17.7. The Kier molecular flexibility index (Phi) is 14.8.